The van der Waals surface area contributed by atoms with Crippen LogP contribution in [0.25, 0.3) is 0 Å². The number of aromatic nitrogens is 2. The second-order valence-corrected chi connectivity index (χ2v) is 5.83. The molecule has 1 unspecified atom stereocenters. The first-order chi connectivity index (χ1) is 10.2. The SMILES string of the molecule is CC(C)c1c(N)ncnc1OC1CCCc2ccccc21. The van der Waals surface area contributed by atoms with Gasteiger partial charge in [-0.15, -0.1) is 0 Å². The van der Waals surface area contributed by atoms with Crippen LogP contribution in [0.1, 0.15) is 55.4 Å². The number of aryl methyl sites for hydroxylation is 1. The summed E-state index contributed by atoms with van der Waals surface area (Å²) >= 11 is 0. The molecule has 0 radical (unpaired) electrons. The van der Waals surface area contributed by atoms with E-state index in [1.54, 1.807) is 0 Å². The van der Waals surface area contributed by atoms with Crippen molar-refractivity contribution in [3.63, 3.8) is 0 Å². The van der Waals surface area contributed by atoms with Crippen molar-refractivity contribution in [3.05, 3.63) is 47.3 Å². The minimum Gasteiger partial charge on any atom is -0.469 e. The van der Waals surface area contributed by atoms with E-state index >= 15 is 0 Å². The zero-order valence-corrected chi connectivity index (χ0v) is 12.5. The van der Waals surface area contributed by atoms with Crippen LogP contribution in [0.15, 0.2) is 30.6 Å². The van der Waals surface area contributed by atoms with Crippen LogP contribution in [0, 0.1) is 0 Å². The van der Waals surface area contributed by atoms with E-state index in [2.05, 4.69) is 48.1 Å². The van der Waals surface area contributed by atoms with Crippen LogP contribution in [-0.4, -0.2) is 9.97 Å². The van der Waals surface area contributed by atoms with Crippen molar-refractivity contribution in [2.24, 2.45) is 0 Å². The highest BCUT2D eigenvalue weighted by atomic mass is 16.5. The van der Waals surface area contributed by atoms with Crippen molar-refractivity contribution < 1.29 is 4.74 Å². The lowest BCUT2D eigenvalue weighted by atomic mass is 9.89. The molecule has 3 rings (SSSR count). The Hall–Kier alpha value is -2.10. The van der Waals surface area contributed by atoms with Crippen LogP contribution in [0.2, 0.25) is 0 Å². The van der Waals surface area contributed by atoms with Gasteiger partial charge >= 0.3 is 0 Å². The molecule has 2 aromatic rings. The van der Waals surface area contributed by atoms with Gasteiger partial charge in [-0.3, -0.25) is 0 Å². The van der Waals surface area contributed by atoms with Gasteiger partial charge < -0.3 is 10.5 Å². The van der Waals surface area contributed by atoms with Gasteiger partial charge in [0.15, 0.2) is 0 Å². The molecule has 0 aliphatic heterocycles. The average Bonchev–Trinajstić information content (AvgIpc) is 2.47. The van der Waals surface area contributed by atoms with Gasteiger partial charge in [0.05, 0.1) is 5.56 Å². The second-order valence-electron chi connectivity index (χ2n) is 5.83. The summed E-state index contributed by atoms with van der Waals surface area (Å²) in [6.07, 6.45) is 4.81. The number of hydrogen-bond acceptors (Lipinski definition) is 4. The molecule has 1 aromatic heterocycles. The molecule has 110 valence electrons. The highest BCUT2D eigenvalue weighted by molar-refractivity contribution is 5.47. The van der Waals surface area contributed by atoms with Gasteiger partial charge in [-0.25, -0.2) is 9.97 Å². The topological polar surface area (TPSA) is 61.0 Å². The predicted molar refractivity (Wildman–Crippen MR) is 83.3 cm³/mol. The first kappa shape index (κ1) is 13.9. The van der Waals surface area contributed by atoms with E-state index in [0.717, 1.165) is 24.8 Å². The Bertz CT molecular complexity index is 640. The Morgan fingerprint density at radius 1 is 1.24 bits per heavy atom. The fourth-order valence-electron chi connectivity index (χ4n) is 3.00. The second kappa shape index (κ2) is 5.72. The maximum absolute atomic E-state index is 6.22. The molecule has 1 heterocycles. The molecular formula is C17H21N3O. The molecule has 0 amide bonds. The number of nitrogen functional groups attached to an aromatic ring is 1. The van der Waals surface area contributed by atoms with Crippen LogP contribution < -0.4 is 10.5 Å². The predicted octanol–water partition coefficient (Wildman–Crippen LogP) is 3.64. The first-order valence-corrected chi connectivity index (χ1v) is 7.51. The monoisotopic (exact) mass is 283 g/mol. The van der Waals surface area contributed by atoms with Crippen molar-refractivity contribution in [3.8, 4) is 5.88 Å². The average molecular weight is 283 g/mol. The number of ether oxygens (including phenoxy) is 1. The van der Waals surface area contributed by atoms with E-state index in [0.29, 0.717) is 11.7 Å². The zero-order chi connectivity index (χ0) is 14.8. The minimum absolute atomic E-state index is 0.0572. The molecule has 0 fully saturated rings. The summed E-state index contributed by atoms with van der Waals surface area (Å²) in [5.74, 6) is 1.37. The molecule has 1 aromatic carbocycles. The van der Waals surface area contributed by atoms with Gasteiger partial charge in [-0.2, -0.15) is 0 Å². The van der Waals surface area contributed by atoms with Gasteiger partial charge in [0, 0.05) is 0 Å². The van der Waals surface area contributed by atoms with E-state index in [1.807, 2.05) is 0 Å². The molecule has 0 bridgehead atoms. The number of benzene rings is 1. The quantitative estimate of drug-likeness (QED) is 0.934. The van der Waals surface area contributed by atoms with E-state index in [-0.39, 0.29) is 12.0 Å². The van der Waals surface area contributed by atoms with Crippen LogP contribution in [0.3, 0.4) is 0 Å². The molecule has 0 saturated carbocycles. The highest BCUT2D eigenvalue weighted by Gasteiger charge is 2.24. The third-order valence-corrected chi connectivity index (χ3v) is 4.02. The molecule has 4 heteroatoms. The van der Waals surface area contributed by atoms with Crippen molar-refractivity contribution in [2.45, 2.75) is 45.1 Å². The number of hydrogen-bond donors (Lipinski definition) is 1. The fourth-order valence-corrected chi connectivity index (χ4v) is 3.00. The van der Waals surface area contributed by atoms with E-state index in [9.17, 15) is 0 Å². The van der Waals surface area contributed by atoms with E-state index in [4.69, 9.17) is 10.5 Å². The summed E-state index contributed by atoms with van der Waals surface area (Å²) in [5, 5.41) is 0. The summed E-state index contributed by atoms with van der Waals surface area (Å²) < 4.78 is 6.22. The third-order valence-electron chi connectivity index (χ3n) is 4.02. The minimum atomic E-state index is 0.0572. The highest BCUT2D eigenvalue weighted by Crippen LogP contribution is 2.36. The molecule has 1 aliphatic rings. The number of rotatable bonds is 3. The maximum atomic E-state index is 6.22. The lowest BCUT2D eigenvalue weighted by Crippen LogP contribution is -2.17. The lowest BCUT2D eigenvalue weighted by Gasteiger charge is -2.27. The Balaban J connectivity index is 1.94. The van der Waals surface area contributed by atoms with E-state index in [1.165, 1.54) is 17.5 Å². The Labute approximate surface area is 125 Å². The lowest BCUT2D eigenvalue weighted by molar-refractivity contribution is 0.173. The standard InChI is InChI=1S/C17H21N3O/c1-11(2)15-16(18)19-10-20-17(15)21-14-9-5-7-12-6-3-4-8-13(12)14/h3-4,6,8,10-11,14H,5,7,9H2,1-2H3,(H2,18,19,20). The molecular weight excluding hydrogens is 262 g/mol. The van der Waals surface area contributed by atoms with Crippen molar-refractivity contribution in [2.75, 3.05) is 5.73 Å². The Kier molecular flexibility index (Phi) is 3.78. The summed E-state index contributed by atoms with van der Waals surface area (Å²) in [6, 6.07) is 8.49. The molecule has 4 nitrogen and oxygen atoms in total. The molecule has 0 spiro atoms. The van der Waals surface area contributed by atoms with Gasteiger partial charge in [0.2, 0.25) is 5.88 Å². The summed E-state index contributed by atoms with van der Waals surface area (Å²) in [7, 11) is 0. The molecule has 1 aliphatic carbocycles. The van der Waals surface area contributed by atoms with Gasteiger partial charge in [-0.05, 0) is 36.3 Å². The van der Waals surface area contributed by atoms with Crippen molar-refractivity contribution in [1.29, 1.82) is 0 Å². The third kappa shape index (κ3) is 2.71. The van der Waals surface area contributed by atoms with Crippen LogP contribution in [-0.2, 0) is 6.42 Å². The van der Waals surface area contributed by atoms with Gasteiger partial charge in [-0.1, -0.05) is 38.1 Å². The summed E-state index contributed by atoms with van der Waals surface area (Å²) in [5.41, 5.74) is 9.54. The fraction of sp³-hybridized carbons (Fsp3) is 0.412. The molecule has 0 saturated heterocycles. The van der Waals surface area contributed by atoms with Crippen LogP contribution >= 0.6 is 0 Å². The van der Waals surface area contributed by atoms with Gasteiger partial charge in [0.1, 0.15) is 18.2 Å². The number of anilines is 1. The Morgan fingerprint density at radius 2 is 2.05 bits per heavy atom. The van der Waals surface area contributed by atoms with Crippen LogP contribution in [0.5, 0.6) is 5.88 Å². The molecule has 1 atom stereocenters. The van der Waals surface area contributed by atoms with Crippen LogP contribution in [0.4, 0.5) is 5.82 Å². The van der Waals surface area contributed by atoms with E-state index < -0.39 is 0 Å². The maximum Gasteiger partial charge on any atom is 0.222 e. The number of nitrogens with zero attached hydrogens (tertiary/aromatic N) is 2. The Morgan fingerprint density at radius 3 is 2.86 bits per heavy atom. The number of nitrogens with two attached hydrogens (primary N) is 1. The summed E-state index contributed by atoms with van der Waals surface area (Å²) in [6.45, 7) is 4.16. The van der Waals surface area contributed by atoms with Crippen molar-refractivity contribution in [1.82, 2.24) is 9.97 Å². The molecule has 2 N–H and O–H groups in total. The number of fused-ring (bicyclic) bond motifs is 1. The largest absolute Gasteiger partial charge is 0.469 e. The summed E-state index contributed by atoms with van der Waals surface area (Å²) in [4.78, 5) is 8.40. The van der Waals surface area contributed by atoms with Crippen molar-refractivity contribution >= 4 is 5.82 Å². The zero-order valence-electron chi connectivity index (χ0n) is 12.5. The smallest absolute Gasteiger partial charge is 0.222 e. The first-order valence-electron chi connectivity index (χ1n) is 7.51. The molecule has 21 heavy (non-hydrogen) atoms. The normalized spacial score (nSPS) is 17.6. The van der Waals surface area contributed by atoms with Gasteiger partial charge in [0.25, 0.3) is 0 Å².